The molecule has 174 valence electrons. The molecule has 2 rings (SSSR count). The van der Waals surface area contributed by atoms with E-state index in [2.05, 4.69) is 5.32 Å². The second-order valence-corrected chi connectivity index (χ2v) is 10.4. The fourth-order valence-electron chi connectivity index (χ4n) is 3.13. The van der Waals surface area contributed by atoms with E-state index in [1.807, 2.05) is 27.7 Å². The number of nitrogens with zero attached hydrogens (tertiary/aromatic N) is 1. The monoisotopic (exact) mass is 498 g/mol. The van der Waals surface area contributed by atoms with Crippen LogP contribution in [0.1, 0.15) is 45.2 Å². The molecule has 4 nitrogen and oxygen atoms in total. The molecular weight excluding hydrogens is 470 g/mol. The maximum Gasteiger partial charge on any atom is 0.243 e. The molecule has 2 amide bonds. The molecule has 0 aliphatic carbocycles. The second kappa shape index (κ2) is 11.9. The van der Waals surface area contributed by atoms with Crippen LogP contribution in [0.5, 0.6) is 0 Å². The van der Waals surface area contributed by atoms with Gasteiger partial charge in [0, 0.05) is 27.9 Å². The SMILES string of the molecule is CCC(C(=O)NC(C)(C)C)N(Cc1ccc(Cl)cc1Cl)C(=O)CSCc1ccc(F)cc1. The first-order chi connectivity index (χ1) is 15.0. The van der Waals surface area contributed by atoms with Gasteiger partial charge in [-0.3, -0.25) is 9.59 Å². The minimum Gasteiger partial charge on any atom is -0.350 e. The van der Waals surface area contributed by atoms with Crippen LogP contribution < -0.4 is 5.32 Å². The smallest absolute Gasteiger partial charge is 0.243 e. The molecule has 0 spiro atoms. The number of hydrogen-bond donors (Lipinski definition) is 1. The molecule has 0 radical (unpaired) electrons. The summed E-state index contributed by atoms with van der Waals surface area (Å²) in [5.41, 5.74) is 1.22. The Hall–Kier alpha value is -1.76. The van der Waals surface area contributed by atoms with Crippen LogP contribution in [0.2, 0.25) is 10.0 Å². The highest BCUT2D eigenvalue weighted by atomic mass is 35.5. The molecule has 0 saturated carbocycles. The highest BCUT2D eigenvalue weighted by Gasteiger charge is 2.30. The first kappa shape index (κ1) is 26.5. The Morgan fingerprint density at radius 2 is 1.78 bits per heavy atom. The van der Waals surface area contributed by atoms with Gasteiger partial charge in [0.1, 0.15) is 11.9 Å². The van der Waals surface area contributed by atoms with Gasteiger partial charge in [0.05, 0.1) is 5.75 Å². The van der Waals surface area contributed by atoms with Gasteiger partial charge < -0.3 is 10.2 Å². The highest BCUT2D eigenvalue weighted by molar-refractivity contribution is 7.99. The molecular formula is C24H29Cl2FN2O2S. The van der Waals surface area contributed by atoms with E-state index in [-0.39, 0.29) is 29.9 Å². The largest absolute Gasteiger partial charge is 0.350 e. The van der Waals surface area contributed by atoms with Crippen LogP contribution in [-0.4, -0.2) is 34.0 Å². The van der Waals surface area contributed by atoms with Crippen molar-refractivity contribution in [3.63, 3.8) is 0 Å². The Bertz CT molecular complexity index is 933. The van der Waals surface area contributed by atoms with Crippen LogP contribution in [0.25, 0.3) is 0 Å². The summed E-state index contributed by atoms with van der Waals surface area (Å²) in [7, 11) is 0. The van der Waals surface area contributed by atoms with Crippen molar-refractivity contribution in [2.75, 3.05) is 5.75 Å². The summed E-state index contributed by atoms with van der Waals surface area (Å²) < 4.78 is 13.1. The maximum atomic E-state index is 13.2. The number of halogens is 3. The van der Waals surface area contributed by atoms with Gasteiger partial charge >= 0.3 is 0 Å². The minimum absolute atomic E-state index is 0.168. The van der Waals surface area contributed by atoms with Crippen LogP contribution in [0.3, 0.4) is 0 Å². The number of carbonyl (C=O) groups excluding carboxylic acids is 2. The zero-order valence-electron chi connectivity index (χ0n) is 18.8. The lowest BCUT2D eigenvalue weighted by Crippen LogP contribution is -2.53. The van der Waals surface area contributed by atoms with E-state index in [4.69, 9.17) is 23.2 Å². The van der Waals surface area contributed by atoms with Crippen molar-refractivity contribution in [1.29, 1.82) is 0 Å². The van der Waals surface area contributed by atoms with Gasteiger partial charge in [-0.25, -0.2) is 4.39 Å². The summed E-state index contributed by atoms with van der Waals surface area (Å²) >= 11 is 13.8. The van der Waals surface area contributed by atoms with Crippen LogP contribution in [0.4, 0.5) is 4.39 Å². The zero-order chi connectivity index (χ0) is 23.9. The number of rotatable bonds is 9. The van der Waals surface area contributed by atoms with E-state index in [1.54, 1.807) is 35.2 Å². The predicted octanol–water partition coefficient (Wildman–Crippen LogP) is 6.09. The van der Waals surface area contributed by atoms with Gasteiger partial charge in [-0.1, -0.05) is 48.3 Å². The fourth-order valence-corrected chi connectivity index (χ4v) is 4.46. The molecule has 0 aliphatic rings. The number of amides is 2. The van der Waals surface area contributed by atoms with Gasteiger partial charge in [-0.15, -0.1) is 11.8 Å². The topological polar surface area (TPSA) is 49.4 Å². The molecule has 0 saturated heterocycles. The number of carbonyl (C=O) groups is 2. The van der Waals surface area contributed by atoms with Crippen LogP contribution in [0, 0.1) is 5.82 Å². The average Bonchev–Trinajstić information content (AvgIpc) is 2.69. The van der Waals surface area contributed by atoms with E-state index < -0.39 is 11.6 Å². The third kappa shape index (κ3) is 8.30. The van der Waals surface area contributed by atoms with Gasteiger partial charge in [-0.2, -0.15) is 0 Å². The Labute approximate surface area is 203 Å². The van der Waals surface area contributed by atoms with Crippen LogP contribution in [-0.2, 0) is 21.9 Å². The van der Waals surface area contributed by atoms with Crippen molar-refractivity contribution < 1.29 is 14.0 Å². The van der Waals surface area contributed by atoms with Crippen LogP contribution in [0.15, 0.2) is 42.5 Å². The quantitative estimate of drug-likeness (QED) is 0.455. The molecule has 2 aromatic carbocycles. The summed E-state index contributed by atoms with van der Waals surface area (Å²) in [6.07, 6.45) is 0.460. The highest BCUT2D eigenvalue weighted by Crippen LogP contribution is 2.25. The van der Waals surface area contributed by atoms with Gasteiger partial charge in [-0.05, 0) is 62.6 Å². The molecule has 2 aromatic rings. The molecule has 8 heteroatoms. The summed E-state index contributed by atoms with van der Waals surface area (Å²) in [5, 5.41) is 3.92. The van der Waals surface area contributed by atoms with E-state index in [1.165, 1.54) is 23.9 Å². The Kier molecular flexibility index (Phi) is 9.86. The number of benzene rings is 2. The Morgan fingerprint density at radius 1 is 1.12 bits per heavy atom. The van der Waals surface area contributed by atoms with Crippen molar-refractivity contribution in [3.8, 4) is 0 Å². The predicted molar refractivity (Wildman–Crippen MR) is 132 cm³/mol. The standard InChI is InChI=1S/C24H29Cl2FN2O2S/c1-5-21(23(31)28-24(2,3)4)29(13-17-8-9-18(25)12-20(17)26)22(30)15-32-14-16-6-10-19(27)11-7-16/h6-12,21H,5,13-15H2,1-4H3,(H,28,31). The fraction of sp³-hybridized carbons (Fsp3) is 0.417. The van der Waals surface area contributed by atoms with Gasteiger partial charge in [0.15, 0.2) is 0 Å². The third-order valence-corrected chi connectivity index (χ3v) is 6.22. The first-order valence-corrected chi connectivity index (χ1v) is 12.3. The summed E-state index contributed by atoms with van der Waals surface area (Å²) in [6.45, 7) is 7.78. The summed E-state index contributed by atoms with van der Waals surface area (Å²) in [4.78, 5) is 27.8. The molecule has 0 aliphatic heterocycles. The molecule has 0 bridgehead atoms. The van der Waals surface area contributed by atoms with Crippen molar-refractivity contribution in [2.24, 2.45) is 0 Å². The summed E-state index contributed by atoms with van der Waals surface area (Å²) in [5.74, 6) is 0.0755. The molecule has 1 N–H and O–H groups in total. The first-order valence-electron chi connectivity index (χ1n) is 10.4. The molecule has 0 fully saturated rings. The Balaban J connectivity index is 2.19. The van der Waals surface area contributed by atoms with Gasteiger partial charge in [0.25, 0.3) is 0 Å². The van der Waals surface area contributed by atoms with Gasteiger partial charge in [0.2, 0.25) is 11.8 Å². The molecule has 32 heavy (non-hydrogen) atoms. The normalized spacial score (nSPS) is 12.3. The number of thioether (sulfide) groups is 1. The van der Waals surface area contributed by atoms with E-state index in [0.29, 0.717) is 22.2 Å². The van der Waals surface area contributed by atoms with Crippen molar-refractivity contribution in [1.82, 2.24) is 10.2 Å². The lowest BCUT2D eigenvalue weighted by molar-refractivity contribution is -0.140. The Morgan fingerprint density at radius 3 is 2.34 bits per heavy atom. The maximum absolute atomic E-state index is 13.2. The molecule has 1 atom stereocenters. The van der Waals surface area contributed by atoms with E-state index >= 15 is 0 Å². The van der Waals surface area contributed by atoms with Crippen molar-refractivity contribution in [3.05, 3.63) is 69.5 Å². The second-order valence-electron chi connectivity index (χ2n) is 8.54. The minimum atomic E-state index is -0.639. The van der Waals surface area contributed by atoms with Crippen molar-refractivity contribution >= 4 is 46.8 Å². The third-order valence-electron chi connectivity index (χ3n) is 4.65. The lowest BCUT2D eigenvalue weighted by atomic mass is 10.1. The lowest BCUT2D eigenvalue weighted by Gasteiger charge is -2.33. The molecule has 0 heterocycles. The van der Waals surface area contributed by atoms with Crippen LogP contribution >= 0.6 is 35.0 Å². The zero-order valence-corrected chi connectivity index (χ0v) is 21.1. The van der Waals surface area contributed by atoms with E-state index in [9.17, 15) is 14.0 Å². The number of nitrogens with one attached hydrogen (secondary N) is 1. The summed E-state index contributed by atoms with van der Waals surface area (Å²) in [6, 6.07) is 10.7. The van der Waals surface area contributed by atoms with Crippen molar-refractivity contribution in [2.45, 2.75) is 58.0 Å². The average molecular weight is 499 g/mol. The number of hydrogen-bond acceptors (Lipinski definition) is 3. The van der Waals surface area contributed by atoms with E-state index in [0.717, 1.165) is 11.1 Å². The molecule has 1 unspecified atom stereocenters. The molecule has 0 aromatic heterocycles.